The van der Waals surface area contributed by atoms with Crippen LogP contribution in [0.1, 0.15) is 10.4 Å². The highest BCUT2D eigenvalue weighted by Crippen LogP contribution is 2.27. The van der Waals surface area contributed by atoms with Gasteiger partial charge in [-0.3, -0.25) is 9.79 Å². The van der Waals surface area contributed by atoms with E-state index in [1.807, 2.05) is 12.1 Å². The van der Waals surface area contributed by atoms with Crippen molar-refractivity contribution in [2.45, 2.75) is 0 Å². The van der Waals surface area contributed by atoms with Crippen LogP contribution in [-0.2, 0) is 0 Å². The van der Waals surface area contributed by atoms with E-state index in [1.165, 1.54) is 0 Å². The van der Waals surface area contributed by atoms with E-state index in [0.29, 0.717) is 10.7 Å². The molecule has 1 aliphatic heterocycles. The molecule has 17 heavy (non-hydrogen) atoms. The number of carbonyl (C=O) groups excluding carboxylic acids is 1. The lowest BCUT2D eigenvalue weighted by Crippen LogP contribution is -2.28. The first-order valence-electron chi connectivity index (χ1n) is 4.71. The average Bonchev–Trinajstić information content (AvgIpc) is 2.76. The van der Waals surface area contributed by atoms with Crippen LogP contribution < -0.4 is 5.32 Å². The minimum atomic E-state index is -0.121. The van der Waals surface area contributed by atoms with Crippen molar-refractivity contribution in [1.29, 1.82) is 0 Å². The standard InChI is InChI=1S/C10H7Br2IN2OS/c11-5-3-6(8(13)7(12)4-5)9(16)15-10-14-1-2-17-10/h3-4H,1-2H2,(H,14,15,16). The number of rotatable bonds is 1. The normalized spacial score (nSPS) is 14.6. The summed E-state index contributed by atoms with van der Waals surface area (Å²) < 4.78 is 2.67. The van der Waals surface area contributed by atoms with Crippen LogP contribution in [0.2, 0.25) is 0 Å². The zero-order valence-electron chi connectivity index (χ0n) is 8.47. The number of aliphatic imine (C=N–C) groups is 1. The molecule has 0 bridgehead atoms. The molecule has 1 aromatic rings. The minimum absolute atomic E-state index is 0.121. The zero-order chi connectivity index (χ0) is 12.4. The second-order valence-corrected chi connectivity index (χ2v) is 7.17. The summed E-state index contributed by atoms with van der Waals surface area (Å²) in [6.45, 7) is 0.777. The molecule has 0 saturated heterocycles. The summed E-state index contributed by atoms with van der Waals surface area (Å²) in [7, 11) is 0. The van der Waals surface area contributed by atoms with Crippen LogP contribution in [0, 0.1) is 3.57 Å². The Morgan fingerprint density at radius 1 is 1.47 bits per heavy atom. The van der Waals surface area contributed by atoms with Crippen LogP contribution >= 0.6 is 66.2 Å². The monoisotopic (exact) mass is 488 g/mol. The van der Waals surface area contributed by atoms with Crippen molar-refractivity contribution in [1.82, 2.24) is 5.32 Å². The predicted molar refractivity (Wildman–Crippen MR) is 86.8 cm³/mol. The molecule has 0 radical (unpaired) electrons. The summed E-state index contributed by atoms with van der Waals surface area (Å²) in [6.07, 6.45) is 0. The van der Waals surface area contributed by atoms with Crippen molar-refractivity contribution in [2.75, 3.05) is 12.3 Å². The highest BCUT2D eigenvalue weighted by Gasteiger charge is 2.16. The molecule has 1 aromatic carbocycles. The van der Waals surface area contributed by atoms with Crippen LogP contribution in [0.4, 0.5) is 0 Å². The van der Waals surface area contributed by atoms with E-state index in [2.05, 4.69) is 64.8 Å². The summed E-state index contributed by atoms with van der Waals surface area (Å²) in [6, 6.07) is 3.72. The Morgan fingerprint density at radius 3 is 2.88 bits per heavy atom. The molecular weight excluding hydrogens is 483 g/mol. The molecule has 2 rings (SSSR count). The van der Waals surface area contributed by atoms with Gasteiger partial charge in [-0.25, -0.2) is 0 Å². The van der Waals surface area contributed by atoms with Crippen LogP contribution in [0.25, 0.3) is 0 Å². The fraction of sp³-hybridized carbons (Fsp3) is 0.200. The molecule has 1 N–H and O–H groups in total. The number of hydrogen-bond donors (Lipinski definition) is 1. The van der Waals surface area contributed by atoms with Crippen LogP contribution in [-0.4, -0.2) is 23.4 Å². The zero-order valence-corrected chi connectivity index (χ0v) is 14.6. The van der Waals surface area contributed by atoms with Gasteiger partial charge in [0.1, 0.15) is 0 Å². The quantitative estimate of drug-likeness (QED) is 0.483. The van der Waals surface area contributed by atoms with E-state index in [9.17, 15) is 4.79 Å². The SMILES string of the molecule is O=C(NC1=NCCS1)c1cc(Br)cc(Br)c1I. The first kappa shape index (κ1) is 13.8. The third-order valence-electron chi connectivity index (χ3n) is 2.04. The molecule has 0 aliphatic carbocycles. The van der Waals surface area contributed by atoms with Gasteiger partial charge in [0.15, 0.2) is 5.17 Å². The molecule has 0 aromatic heterocycles. The van der Waals surface area contributed by atoms with Crippen LogP contribution in [0.15, 0.2) is 26.1 Å². The fourth-order valence-corrected chi connectivity index (χ4v) is 3.80. The topological polar surface area (TPSA) is 41.5 Å². The van der Waals surface area contributed by atoms with E-state index >= 15 is 0 Å². The number of nitrogens with zero attached hydrogens (tertiary/aromatic N) is 1. The van der Waals surface area contributed by atoms with E-state index in [4.69, 9.17) is 0 Å². The van der Waals surface area contributed by atoms with Gasteiger partial charge in [-0.15, -0.1) is 0 Å². The van der Waals surface area contributed by atoms with Gasteiger partial charge in [0, 0.05) is 18.3 Å². The fourth-order valence-electron chi connectivity index (χ4n) is 1.30. The number of thioether (sulfide) groups is 1. The Balaban J connectivity index is 2.24. The summed E-state index contributed by atoms with van der Waals surface area (Å²) in [5.74, 6) is 0.819. The van der Waals surface area contributed by atoms with Gasteiger partial charge in [-0.05, 0) is 50.7 Å². The smallest absolute Gasteiger partial charge is 0.258 e. The molecule has 0 fully saturated rings. The van der Waals surface area contributed by atoms with Crippen molar-refractivity contribution in [3.8, 4) is 0 Å². The molecular formula is C10H7Br2IN2OS. The molecule has 1 heterocycles. The van der Waals surface area contributed by atoms with Crippen molar-refractivity contribution in [3.63, 3.8) is 0 Å². The maximum atomic E-state index is 12.1. The number of carbonyl (C=O) groups is 1. The van der Waals surface area contributed by atoms with Gasteiger partial charge in [-0.2, -0.15) is 0 Å². The number of amides is 1. The molecule has 7 heteroatoms. The van der Waals surface area contributed by atoms with E-state index in [1.54, 1.807) is 11.8 Å². The average molecular weight is 490 g/mol. The molecule has 0 spiro atoms. The lowest BCUT2D eigenvalue weighted by Gasteiger charge is -2.08. The molecule has 0 saturated carbocycles. The number of amidine groups is 1. The third kappa shape index (κ3) is 3.45. The number of hydrogen-bond acceptors (Lipinski definition) is 3. The van der Waals surface area contributed by atoms with Crippen molar-refractivity contribution < 1.29 is 4.79 Å². The summed E-state index contributed by atoms with van der Waals surface area (Å²) in [5, 5.41) is 3.53. The molecule has 1 amide bonds. The second-order valence-electron chi connectivity index (χ2n) is 3.24. The summed E-state index contributed by atoms with van der Waals surface area (Å²) in [4.78, 5) is 16.3. The van der Waals surface area contributed by atoms with Crippen molar-refractivity contribution >= 4 is 77.3 Å². The van der Waals surface area contributed by atoms with Gasteiger partial charge in [0.25, 0.3) is 5.91 Å². The van der Waals surface area contributed by atoms with Gasteiger partial charge in [0.05, 0.1) is 12.1 Å². The van der Waals surface area contributed by atoms with Gasteiger partial charge >= 0.3 is 0 Å². The Morgan fingerprint density at radius 2 is 2.24 bits per heavy atom. The largest absolute Gasteiger partial charge is 0.301 e. The van der Waals surface area contributed by atoms with Crippen molar-refractivity contribution in [3.05, 3.63) is 30.2 Å². The summed E-state index contributed by atoms with van der Waals surface area (Å²) >= 11 is 10.5. The predicted octanol–water partition coefficient (Wildman–Crippen LogP) is 3.65. The van der Waals surface area contributed by atoms with E-state index < -0.39 is 0 Å². The Hall–Kier alpha value is 0.400. The maximum absolute atomic E-state index is 12.1. The first-order chi connectivity index (χ1) is 8.08. The van der Waals surface area contributed by atoms with Gasteiger partial charge < -0.3 is 5.32 Å². The van der Waals surface area contributed by atoms with Crippen LogP contribution in [0.5, 0.6) is 0 Å². The molecule has 1 aliphatic rings. The maximum Gasteiger partial charge on any atom is 0.258 e. The minimum Gasteiger partial charge on any atom is -0.301 e. The van der Waals surface area contributed by atoms with E-state index in [0.717, 1.165) is 24.8 Å². The molecule has 0 unspecified atom stereocenters. The lowest BCUT2D eigenvalue weighted by atomic mass is 10.2. The number of benzene rings is 1. The highest BCUT2D eigenvalue weighted by molar-refractivity contribution is 14.1. The first-order valence-corrected chi connectivity index (χ1v) is 8.36. The number of halogens is 3. The lowest BCUT2D eigenvalue weighted by molar-refractivity contribution is 0.0977. The second kappa shape index (κ2) is 6.03. The Kier molecular flexibility index (Phi) is 4.90. The van der Waals surface area contributed by atoms with E-state index in [-0.39, 0.29) is 5.91 Å². The molecule has 90 valence electrons. The molecule has 0 atom stereocenters. The third-order valence-corrected chi connectivity index (χ3v) is 5.92. The van der Waals surface area contributed by atoms with Gasteiger partial charge in [-0.1, -0.05) is 27.7 Å². The highest BCUT2D eigenvalue weighted by atomic mass is 127. The molecule has 3 nitrogen and oxygen atoms in total. The van der Waals surface area contributed by atoms with Crippen LogP contribution in [0.3, 0.4) is 0 Å². The number of nitrogens with one attached hydrogen (secondary N) is 1. The Bertz CT molecular complexity index is 507. The van der Waals surface area contributed by atoms with Crippen molar-refractivity contribution in [2.24, 2.45) is 4.99 Å². The van der Waals surface area contributed by atoms with Gasteiger partial charge in [0.2, 0.25) is 0 Å². The Labute approximate surface area is 134 Å². The summed E-state index contributed by atoms with van der Waals surface area (Å²) in [5.41, 5.74) is 0.641.